The third-order valence-electron chi connectivity index (χ3n) is 2.50. The van der Waals surface area contributed by atoms with E-state index >= 15 is 0 Å². The van der Waals surface area contributed by atoms with Crippen molar-refractivity contribution in [1.82, 2.24) is 0 Å². The lowest BCUT2D eigenvalue weighted by Crippen LogP contribution is -1.94. The number of hydrogen-bond acceptors (Lipinski definition) is 2. The summed E-state index contributed by atoms with van der Waals surface area (Å²) < 4.78 is 0. The Kier molecular flexibility index (Phi) is 3.37. The molecule has 0 bridgehead atoms. The lowest BCUT2D eigenvalue weighted by Gasteiger charge is -2.05. The van der Waals surface area contributed by atoms with Crippen molar-refractivity contribution in [2.24, 2.45) is 4.99 Å². The van der Waals surface area contributed by atoms with E-state index in [4.69, 9.17) is 6.57 Å². The fourth-order valence-electron chi connectivity index (χ4n) is 1.56. The number of aliphatic hydroxyl groups excluding tert-OH is 1. The van der Waals surface area contributed by atoms with E-state index in [0.717, 1.165) is 24.1 Å². The molecular weight excluding hydrogens is 212 g/mol. The molecule has 1 aliphatic rings. The van der Waals surface area contributed by atoms with E-state index in [-0.39, 0.29) is 5.76 Å². The first kappa shape index (κ1) is 11.2. The molecule has 0 aliphatic heterocycles. The summed E-state index contributed by atoms with van der Waals surface area (Å²) in [6.07, 6.45) is 7.22. The van der Waals surface area contributed by atoms with Crippen LogP contribution in [0.15, 0.2) is 52.7 Å². The molecule has 0 amide bonds. The van der Waals surface area contributed by atoms with Gasteiger partial charge in [0.15, 0.2) is 5.69 Å². The minimum atomic E-state index is 0.290. The Morgan fingerprint density at radius 1 is 1.18 bits per heavy atom. The molecule has 0 heterocycles. The van der Waals surface area contributed by atoms with E-state index in [0.29, 0.717) is 5.69 Å². The van der Waals surface area contributed by atoms with Gasteiger partial charge in [-0.1, -0.05) is 18.2 Å². The molecule has 3 nitrogen and oxygen atoms in total. The lowest BCUT2D eigenvalue weighted by molar-refractivity contribution is 0.422. The second-order valence-electron chi connectivity index (χ2n) is 3.71. The molecule has 3 heteroatoms. The zero-order valence-corrected chi connectivity index (χ0v) is 9.30. The van der Waals surface area contributed by atoms with Crippen LogP contribution in [-0.4, -0.2) is 11.3 Å². The topological polar surface area (TPSA) is 37.0 Å². The van der Waals surface area contributed by atoms with Crippen LogP contribution in [0.3, 0.4) is 0 Å². The van der Waals surface area contributed by atoms with Gasteiger partial charge in [0.2, 0.25) is 0 Å². The largest absolute Gasteiger partial charge is 0.508 e. The van der Waals surface area contributed by atoms with Crippen molar-refractivity contribution < 1.29 is 5.11 Å². The highest BCUT2D eigenvalue weighted by molar-refractivity contribution is 5.85. The van der Waals surface area contributed by atoms with Crippen molar-refractivity contribution in [3.05, 3.63) is 59.2 Å². The van der Waals surface area contributed by atoms with Gasteiger partial charge in [0.1, 0.15) is 5.76 Å². The highest BCUT2D eigenvalue weighted by Gasteiger charge is 2.03. The van der Waals surface area contributed by atoms with Crippen LogP contribution in [0, 0.1) is 6.57 Å². The Bertz CT molecular complexity index is 530. The molecule has 0 fully saturated rings. The minimum absolute atomic E-state index is 0.290. The van der Waals surface area contributed by atoms with Gasteiger partial charge in [0.05, 0.1) is 12.3 Å². The molecule has 0 saturated heterocycles. The van der Waals surface area contributed by atoms with Crippen LogP contribution in [0.1, 0.15) is 12.8 Å². The average Bonchev–Trinajstić information content (AvgIpc) is 2.38. The number of benzene rings is 1. The van der Waals surface area contributed by atoms with Crippen molar-refractivity contribution >= 4 is 17.6 Å². The van der Waals surface area contributed by atoms with Gasteiger partial charge in [-0.3, -0.25) is 4.99 Å². The predicted octanol–water partition coefficient (Wildman–Crippen LogP) is 4.10. The highest BCUT2D eigenvalue weighted by Crippen LogP contribution is 2.20. The maximum atomic E-state index is 9.59. The Morgan fingerprint density at radius 3 is 2.53 bits per heavy atom. The summed E-state index contributed by atoms with van der Waals surface area (Å²) in [5.74, 6) is 0.290. The first-order valence-corrected chi connectivity index (χ1v) is 5.41. The monoisotopic (exact) mass is 224 g/mol. The van der Waals surface area contributed by atoms with Gasteiger partial charge in [0, 0.05) is 11.8 Å². The molecule has 0 aromatic heterocycles. The molecule has 0 atom stereocenters. The van der Waals surface area contributed by atoms with Gasteiger partial charge in [-0.2, -0.15) is 0 Å². The number of allylic oxidation sites excluding steroid dienone is 3. The van der Waals surface area contributed by atoms with Crippen molar-refractivity contribution in [2.75, 3.05) is 0 Å². The lowest BCUT2D eigenvalue weighted by atomic mass is 10.1. The third kappa shape index (κ3) is 2.82. The molecule has 0 radical (unpaired) electrons. The molecule has 1 aliphatic carbocycles. The second kappa shape index (κ2) is 5.13. The molecule has 1 N–H and O–H groups in total. The Balaban J connectivity index is 2.13. The fraction of sp³-hybridized carbons (Fsp3) is 0.143. The smallest absolute Gasteiger partial charge is 0.187 e. The van der Waals surface area contributed by atoms with Gasteiger partial charge in [-0.25, -0.2) is 4.85 Å². The molecule has 84 valence electrons. The number of rotatable bonds is 2. The molecule has 1 aromatic rings. The minimum Gasteiger partial charge on any atom is -0.508 e. The van der Waals surface area contributed by atoms with Crippen LogP contribution in [-0.2, 0) is 0 Å². The van der Waals surface area contributed by atoms with E-state index in [1.54, 1.807) is 36.6 Å². The quantitative estimate of drug-likeness (QED) is 0.596. The zero-order chi connectivity index (χ0) is 12.1. The number of aliphatic hydroxyl groups is 1. The molecular formula is C14H12N2O. The van der Waals surface area contributed by atoms with Gasteiger partial charge in [0.25, 0.3) is 0 Å². The van der Waals surface area contributed by atoms with E-state index in [1.165, 1.54) is 0 Å². The van der Waals surface area contributed by atoms with E-state index < -0.39 is 0 Å². The van der Waals surface area contributed by atoms with Crippen LogP contribution >= 0.6 is 0 Å². The molecule has 0 spiro atoms. The van der Waals surface area contributed by atoms with Crippen molar-refractivity contribution in [2.45, 2.75) is 12.8 Å². The first-order valence-electron chi connectivity index (χ1n) is 5.41. The van der Waals surface area contributed by atoms with Crippen LogP contribution in [0.25, 0.3) is 4.85 Å². The van der Waals surface area contributed by atoms with Crippen LogP contribution < -0.4 is 0 Å². The van der Waals surface area contributed by atoms with Crippen LogP contribution in [0.5, 0.6) is 0 Å². The van der Waals surface area contributed by atoms with Crippen LogP contribution in [0.2, 0.25) is 0 Å². The summed E-state index contributed by atoms with van der Waals surface area (Å²) in [6, 6.07) is 7.03. The normalized spacial score (nSPS) is 15.2. The summed E-state index contributed by atoms with van der Waals surface area (Å²) in [5.41, 5.74) is 2.13. The van der Waals surface area contributed by atoms with Gasteiger partial charge < -0.3 is 5.11 Å². The van der Waals surface area contributed by atoms with E-state index in [2.05, 4.69) is 9.84 Å². The zero-order valence-electron chi connectivity index (χ0n) is 9.30. The summed E-state index contributed by atoms with van der Waals surface area (Å²) in [7, 11) is 0. The molecule has 17 heavy (non-hydrogen) atoms. The first-order chi connectivity index (χ1) is 8.29. The SMILES string of the molecule is [C-]#[N+]c1ccc(N=CC2=CCCC=C2O)cc1. The van der Waals surface area contributed by atoms with Gasteiger partial charge in [-0.15, -0.1) is 0 Å². The number of nitrogens with zero attached hydrogens (tertiary/aromatic N) is 2. The third-order valence-corrected chi connectivity index (χ3v) is 2.50. The van der Waals surface area contributed by atoms with Gasteiger partial charge >= 0.3 is 0 Å². The van der Waals surface area contributed by atoms with Gasteiger partial charge in [-0.05, 0) is 31.1 Å². The highest BCUT2D eigenvalue weighted by atomic mass is 16.3. The summed E-state index contributed by atoms with van der Waals surface area (Å²) in [4.78, 5) is 7.57. The standard InChI is InChI=1S/C14H12N2O/c1-15-12-6-8-13(9-7-12)16-10-11-4-2-3-5-14(11)17/h4-10,17H,2-3H2. The Labute approximate surface area is 100 Å². The Morgan fingerprint density at radius 2 is 1.88 bits per heavy atom. The number of aliphatic imine (C=N–C) groups is 1. The molecule has 0 unspecified atom stereocenters. The van der Waals surface area contributed by atoms with Crippen molar-refractivity contribution in [3.8, 4) is 0 Å². The maximum Gasteiger partial charge on any atom is 0.187 e. The summed E-state index contributed by atoms with van der Waals surface area (Å²) in [5, 5.41) is 9.59. The molecule has 2 rings (SSSR count). The van der Waals surface area contributed by atoms with Crippen molar-refractivity contribution in [3.63, 3.8) is 0 Å². The summed E-state index contributed by atoms with van der Waals surface area (Å²) in [6.45, 7) is 6.84. The van der Waals surface area contributed by atoms with E-state index in [9.17, 15) is 5.11 Å². The summed E-state index contributed by atoms with van der Waals surface area (Å²) >= 11 is 0. The fourth-order valence-corrected chi connectivity index (χ4v) is 1.56. The average molecular weight is 224 g/mol. The van der Waals surface area contributed by atoms with E-state index in [1.807, 2.05) is 6.08 Å². The van der Waals surface area contributed by atoms with Crippen LogP contribution in [0.4, 0.5) is 11.4 Å². The maximum absolute atomic E-state index is 9.59. The Hall–Kier alpha value is -2.34. The predicted molar refractivity (Wildman–Crippen MR) is 68.9 cm³/mol. The second-order valence-corrected chi connectivity index (χ2v) is 3.71. The molecule has 1 aromatic carbocycles. The van der Waals surface area contributed by atoms with Crippen molar-refractivity contribution in [1.29, 1.82) is 0 Å². The number of hydrogen-bond donors (Lipinski definition) is 1. The molecule has 0 saturated carbocycles.